The second kappa shape index (κ2) is 8.68. The van der Waals surface area contributed by atoms with E-state index < -0.39 is 0 Å². The molecule has 2 rings (SSSR count). The average molecular weight is 402 g/mol. The van der Waals surface area contributed by atoms with Gasteiger partial charge < -0.3 is 5.32 Å². The van der Waals surface area contributed by atoms with Gasteiger partial charge in [0.25, 0.3) is 0 Å². The molecule has 1 aliphatic rings. The van der Waals surface area contributed by atoms with Gasteiger partial charge >= 0.3 is 0 Å². The Labute approximate surface area is 147 Å². The van der Waals surface area contributed by atoms with Gasteiger partial charge in [-0.2, -0.15) is 0 Å². The van der Waals surface area contributed by atoms with Gasteiger partial charge in [-0.1, -0.05) is 42.8 Å². The van der Waals surface area contributed by atoms with E-state index >= 15 is 0 Å². The topological polar surface area (TPSA) is 15.3 Å². The molecule has 1 N–H and O–H groups in total. The van der Waals surface area contributed by atoms with Gasteiger partial charge in [0.15, 0.2) is 0 Å². The van der Waals surface area contributed by atoms with Crippen molar-refractivity contribution in [2.24, 2.45) is 5.41 Å². The largest absolute Gasteiger partial charge is 0.314 e. The van der Waals surface area contributed by atoms with Gasteiger partial charge in [-0.3, -0.25) is 4.90 Å². The molecule has 1 aromatic carbocycles. The molecule has 0 amide bonds. The van der Waals surface area contributed by atoms with Crippen LogP contribution in [0.3, 0.4) is 0 Å². The van der Waals surface area contributed by atoms with Crippen LogP contribution in [0.15, 0.2) is 22.7 Å². The van der Waals surface area contributed by atoms with Gasteiger partial charge in [0, 0.05) is 42.3 Å². The molecule has 1 aliphatic heterocycles. The van der Waals surface area contributed by atoms with E-state index in [2.05, 4.69) is 46.9 Å². The number of nitrogens with zero attached hydrogens (tertiary/aromatic N) is 1. The van der Waals surface area contributed by atoms with E-state index in [4.69, 9.17) is 0 Å². The molecule has 1 atom stereocenters. The minimum Gasteiger partial charge on any atom is -0.314 e. The SMILES string of the molecule is CC(C)(C)[C@@H](c1c(F)cccc1Br)N1CCNCC1.Cl.Cl. The Morgan fingerprint density at radius 3 is 2.24 bits per heavy atom. The van der Waals surface area contributed by atoms with Crippen molar-refractivity contribution in [3.63, 3.8) is 0 Å². The molecule has 1 heterocycles. The molecule has 0 saturated carbocycles. The highest BCUT2D eigenvalue weighted by molar-refractivity contribution is 9.10. The van der Waals surface area contributed by atoms with Crippen molar-refractivity contribution in [3.05, 3.63) is 34.1 Å². The highest BCUT2D eigenvalue weighted by Crippen LogP contribution is 2.42. The lowest BCUT2D eigenvalue weighted by molar-refractivity contribution is 0.0829. The summed E-state index contributed by atoms with van der Waals surface area (Å²) in [7, 11) is 0. The van der Waals surface area contributed by atoms with E-state index in [0.717, 1.165) is 36.2 Å². The van der Waals surface area contributed by atoms with E-state index in [0.29, 0.717) is 0 Å². The summed E-state index contributed by atoms with van der Waals surface area (Å²) in [5.74, 6) is -0.118. The van der Waals surface area contributed by atoms with Crippen LogP contribution in [0, 0.1) is 11.2 Å². The van der Waals surface area contributed by atoms with Crippen molar-refractivity contribution >= 4 is 40.7 Å². The van der Waals surface area contributed by atoms with E-state index in [1.807, 2.05) is 6.07 Å². The highest BCUT2D eigenvalue weighted by atomic mass is 79.9. The first-order valence-corrected chi connectivity index (χ1v) is 7.59. The fraction of sp³-hybridized carbons (Fsp3) is 0.600. The Hall–Kier alpha value is 0.130. The average Bonchev–Trinajstić information content (AvgIpc) is 2.33. The van der Waals surface area contributed by atoms with Gasteiger partial charge in [0.05, 0.1) is 0 Å². The Morgan fingerprint density at radius 1 is 1.19 bits per heavy atom. The third-order valence-corrected chi connectivity index (χ3v) is 4.30. The number of piperazine rings is 1. The molecule has 1 aromatic rings. The molecule has 1 fully saturated rings. The summed E-state index contributed by atoms with van der Waals surface area (Å²) >= 11 is 3.52. The first-order chi connectivity index (χ1) is 8.91. The predicted molar refractivity (Wildman–Crippen MR) is 95.2 cm³/mol. The minimum absolute atomic E-state index is 0. The van der Waals surface area contributed by atoms with Crippen LogP contribution in [0.5, 0.6) is 0 Å². The summed E-state index contributed by atoms with van der Waals surface area (Å²) in [6.07, 6.45) is 0. The Balaban J connectivity index is 0.00000200. The maximum Gasteiger partial charge on any atom is 0.129 e. The zero-order valence-corrected chi connectivity index (χ0v) is 15.9. The first-order valence-electron chi connectivity index (χ1n) is 6.80. The lowest BCUT2D eigenvalue weighted by Gasteiger charge is -2.43. The van der Waals surface area contributed by atoms with Crippen molar-refractivity contribution in [3.8, 4) is 0 Å². The second-order valence-electron chi connectivity index (χ2n) is 6.19. The molecule has 0 radical (unpaired) electrons. The van der Waals surface area contributed by atoms with Crippen molar-refractivity contribution in [2.45, 2.75) is 26.8 Å². The summed E-state index contributed by atoms with van der Waals surface area (Å²) in [6.45, 7) is 10.4. The van der Waals surface area contributed by atoms with E-state index in [-0.39, 0.29) is 42.1 Å². The van der Waals surface area contributed by atoms with Crippen LogP contribution >= 0.6 is 40.7 Å². The van der Waals surface area contributed by atoms with E-state index in [1.165, 1.54) is 0 Å². The minimum atomic E-state index is -0.118. The smallest absolute Gasteiger partial charge is 0.129 e. The number of hydrogen-bond donors (Lipinski definition) is 1. The molecule has 0 aromatic heterocycles. The Morgan fingerprint density at radius 2 is 1.76 bits per heavy atom. The van der Waals surface area contributed by atoms with Crippen LogP contribution in [0.4, 0.5) is 4.39 Å². The molecule has 6 heteroatoms. The van der Waals surface area contributed by atoms with E-state index in [9.17, 15) is 4.39 Å². The Kier molecular flexibility index (Phi) is 8.74. The monoisotopic (exact) mass is 400 g/mol. The molecular formula is C15H24BrCl2FN2. The summed E-state index contributed by atoms with van der Waals surface area (Å²) in [4.78, 5) is 2.39. The number of hydrogen-bond acceptors (Lipinski definition) is 2. The van der Waals surface area contributed by atoms with Gasteiger partial charge in [-0.15, -0.1) is 24.8 Å². The van der Waals surface area contributed by atoms with Gasteiger partial charge in [0.2, 0.25) is 0 Å². The predicted octanol–water partition coefficient (Wildman–Crippen LogP) is 4.42. The molecule has 21 heavy (non-hydrogen) atoms. The first kappa shape index (κ1) is 21.1. The number of benzene rings is 1. The molecule has 0 unspecified atom stereocenters. The molecule has 2 nitrogen and oxygen atoms in total. The van der Waals surface area contributed by atoms with Gasteiger partial charge in [-0.25, -0.2) is 4.39 Å². The number of nitrogens with one attached hydrogen (secondary N) is 1. The zero-order valence-electron chi connectivity index (χ0n) is 12.7. The molecule has 1 saturated heterocycles. The molecule has 0 spiro atoms. The third-order valence-electron chi connectivity index (χ3n) is 3.61. The van der Waals surface area contributed by atoms with Crippen LogP contribution in [-0.4, -0.2) is 31.1 Å². The van der Waals surface area contributed by atoms with Crippen molar-refractivity contribution < 1.29 is 4.39 Å². The van der Waals surface area contributed by atoms with Gasteiger partial charge in [-0.05, 0) is 17.5 Å². The van der Waals surface area contributed by atoms with Crippen molar-refractivity contribution in [2.75, 3.05) is 26.2 Å². The highest BCUT2D eigenvalue weighted by Gasteiger charge is 2.35. The zero-order chi connectivity index (χ0) is 14.0. The van der Waals surface area contributed by atoms with E-state index in [1.54, 1.807) is 12.1 Å². The summed E-state index contributed by atoms with van der Waals surface area (Å²) < 4.78 is 15.2. The summed E-state index contributed by atoms with van der Waals surface area (Å²) in [5.41, 5.74) is 0.777. The van der Waals surface area contributed by atoms with Crippen LogP contribution in [0.2, 0.25) is 0 Å². The fourth-order valence-corrected chi connectivity index (χ4v) is 3.43. The van der Waals surface area contributed by atoms with Crippen molar-refractivity contribution in [1.29, 1.82) is 0 Å². The normalized spacial score (nSPS) is 17.6. The molecular weight excluding hydrogens is 378 g/mol. The van der Waals surface area contributed by atoms with Gasteiger partial charge in [0.1, 0.15) is 5.82 Å². The third kappa shape index (κ3) is 5.07. The van der Waals surface area contributed by atoms with Crippen LogP contribution in [-0.2, 0) is 0 Å². The van der Waals surface area contributed by atoms with Crippen LogP contribution in [0.25, 0.3) is 0 Å². The standard InChI is InChI=1S/C15H22BrFN2.2ClH/c1-15(2,3)14(19-9-7-18-8-10-19)13-11(16)5-4-6-12(13)17;;/h4-6,14,18H,7-10H2,1-3H3;2*1H/t14-;;/m1../s1. The summed E-state index contributed by atoms with van der Waals surface area (Å²) in [5, 5.41) is 3.35. The number of halogens is 4. The maximum atomic E-state index is 14.3. The number of rotatable bonds is 2. The lowest BCUT2D eigenvalue weighted by Crippen LogP contribution is -2.48. The maximum absolute atomic E-state index is 14.3. The van der Waals surface area contributed by atoms with Crippen LogP contribution in [0.1, 0.15) is 32.4 Å². The fourth-order valence-electron chi connectivity index (χ4n) is 2.88. The van der Waals surface area contributed by atoms with Crippen molar-refractivity contribution in [1.82, 2.24) is 10.2 Å². The molecule has 0 bridgehead atoms. The Bertz CT molecular complexity index is 426. The quantitative estimate of drug-likeness (QED) is 0.788. The van der Waals surface area contributed by atoms with Crippen LogP contribution < -0.4 is 5.32 Å². The lowest BCUT2D eigenvalue weighted by atomic mass is 9.80. The molecule has 122 valence electrons. The molecule has 0 aliphatic carbocycles. The second-order valence-corrected chi connectivity index (χ2v) is 7.04. The summed E-state index contributed by atoms with van der Waals surface area (Å²) in [6, 6.07) is 5.33.